The molecule has 29 heavy (non-hydrogen) atoms. The molecule has 7 nitrogen and oxygen atoms in total. The van der Waals surface area contributed by atoms with Crippen LogP contribution < -0.4 is 10.1 Å². The van der Waals surface area contributed by atoms with E-state index in [9.17, 15) is 4.79 Å². The number of rotatable bonds is 5. The normalized spacial score (nSPS) is 19.6. The number of carbonyl (C=O) groups excluding carboxylic acids is 1. The van der Waals surface area contributed by atoms with Gasteiger partial charge in [-0.25, -0.2) is 9.97 Å². The minimum atomic E-state index is -0.459. The van der Waals surface area contributed by atoms with Crippen LogP contribution in [-0.4, -0.2) is 60.2 Å². The Morgan fingerprint density at radius 3 is 2.59 bits per heavy atom. The molecule has 1 aromatic carbocycles. The average molecular weight is 396 g/mol. The fraction of sp³-hybridized carbons (Fsp3) is 0.500. The number of anilines is 1. The number of carbonyl (C=O) groups is 1. The van der Waals surface area contributed by atoms with E-state index >= 15 is 0 Å². The zero-order valence-electron chi connectivity index (χ0n) is 16.8. The Bertz CT molecular complexity index is 816. The van der Waals surface area contributed by atoms with Crippen molar-refractivity contribution in [2.45, 2.75) is 37.1 Å². The van der Waals surface area contributed by atoms with Crippen LogP contribution in [0.4, 0.5) is 5.82 Å². The van der Waals surface area contributed by atoms with Gasteiger partial charge in [0.25, 0.3) is 0 Å². The van der Waals surface area contributed by atoms with Gasteiger partial charge in [-0.2, -0.15) is 0 Å². The number of aromatic nitrogens is 2. The number of likely N-dealkylation sites (tertiary alicyclic amines) is 1. The third-order valence-electron chi connectivity index (χ3n) is 6.07. The molecule has 0 atom stereocenters. The van der Waals surface area contributed by atoms with E-state index < -0.39 is 5.41 Å². The minimum Gasteiger partial charge on any atom is -0.481 e. The summed E-state index contributed by atoms with van der Waals surface area (Å²) in [6.45, 7) is 2.75. The molecule has 2 aliphatic heterocycles. The first-order valence-electron chi connectivity index (χ1n) is 10.3. The van der Waals surface area contributed by atoms with Crippen LogP contribution in [0.3, 0.4) is 0 Å². The molecule has 0 saturated carbocycles. The molecule has 7 heteroatoms. The van der Waals surface area contributed by atoms with Crippen molar-refractivity contribution < 1.29 is 14.3 Å². The molecule has 1 amide bonds. The third kappa shape index (κ3) is 4.19. The van der Waals surface area contributed by atoms with E-state index in [0.717, 1.165) is 50.2 Å². The summed E-state index contributed by atoms with van der Waals surface area (Å²) >= 11 is 0. The van der Waals surface area contributed by atoms with Gasteiger partial charge in [0.1, 0.15) is 12.1 Å². The molecule has 0 radical (unpaired) electrons. The topological polar surface area (TPSA) is 76.6 Å². The molecule has 1 aromatic heterocycles. The Morgan fingerprint density at radius 2 is 1.90 bits per heavy atom. The van der Waals surface area contributed by atoms with Gasteiger partial charge in [-0.3, -0.25) is 4.79 Å². The molecule has 0 bridgehead atoms. The maximum absolute atomic E-state index is 13.6. The van der Waals surface area contributed by atoms with Gasteiger partial charge < -0.3 is 19.7 Å². The van der Waals surface area contributed by atoms with Crippen molar-refractivity contribution in [1.82, 2.24) is 14.9 Å². The summed E-state index contributed by atoms with van der Waals surface area (Å²) in [7, 11) is 1.59. The maximum Gasteiger partial charge on any atom is 0.233 e. The van der Waals surface area contributed by atoms with Gasteiger partial charge >= 0.3 is 0 Å². The fourth-order valence-corrected chi connectivity index (χ4v) is 4.37. The number of amides is 1. The summed E-state index contributed by atoms with van der Waals surface area (Å²) in [5.41, 5.74) is 0.654. The highest BCUT2D eigenvalue weighted by Gasteiger charge is 2.44. The molecule has 154 valence electrons. The van der Waals surface area contributed by atoms with Crippen LogP contribution in [0.25, 0.3) is 0 Å². The van der Waals surface area contributed by atoms with Crippen molar-refractivity contribution in [3.63, 3.8) is 0 Å². The number of nitrogens with one attached hydrogen (secondary N) is 1. The number of piperidine rings is 1. The number of ether oxygens (including phenoxy) is 2. The molecule has 0 unspecified atom stereocenters. The molecular formula is C22H28N4O3. The van der Waals surface area contributed by atoms with Crippen molar-refractivity contribution in [3.05, 3.63) is 48.3 Å². The largest absolute Gasteiger partial charge is 0.481 e. The first-order valence-corrected chi connectivity index (χ1v) is 10.3. The van der Waals surface area contributed by atoms with Gasteiger partial charge in [0, 0.05) is 38.4 Å². The summed E-state index contributed by atoms with van der Waals surface area (Å²) in [5.74, 6) is 1.54. The Balaban J connectivity index is 1.42. The molecule has 0 spiro atoms. The van der Waals surface area contributed by atoms with E-state index in [1.54, 1.807) is 13.2 Å². The molecule has 2 saturated heterocycles. The Morgan fingerprint density at radius 1 is 1.17 bits per heavy atom. The van der Waals surface area contributed by atoms with Crippen LogP contribution in [0, 0.1) is 0 Å². The minimum absolute atomic E-state index is 0.245. The van der Waals surface area contributed by atoms with Crippen LogP contribution in [-0.2, 0) is 14.9 Å². The smallest absolute Gasteiger partial charge is 0.233 e. The number of benzene rings is 1. The molecular weight excluding hydrogens is 368 g/mol. The van der Waals surface area contributed by atoms with Crippen molar-refractivity contribution in [2.75, 3.05) is 38.7 Å². The molecule has 1 N–H and O–H groups in total. The van der Waals surface area contributed by atoms with Gasteiger partial charge in [-0.1, -0.05) is 30.3 Å². The van der Waals surface area contributed by atoms with Crippen LogP contribution in [0.5, 0.6) is 5.88 Å². The lowest BCUT2D eigenvalue weighted by atomic mass is 9.72. The zero-order valence-corrected chi connectivity index (χ0v) is 16.8. The fourth-order valence-electron chi connectivity index (χ4n) is 4.37. The summed E-state index contributed by atoms with van der Waals surface area (Å²) < 4.78 is 10.7. The van der Waals surface area contributed by atoms with Crippen LogP contribution in [0.15, 0.2) is 42.7 Å². The van der Waals surface area contributed by atoms with Gasteiger partial charge in [-0.15, -0.1) is 0 Å². The van der Waals surface area contributed by atoms with Gasteiger partial charge in [0.05, 0.1) is 12.5 Å². The van der Waals surface area contributed by atoms with Gasteiger partial charge in [0.2, 0.25) is 11.8 Å². The average Bonchev–Trinajstić information content (AvgIpc) is 2.80. The van der Waals surface area contributed by atoms with E-state index in [4.69, 9.17) is 9.47 Å². The van der Waals surface area contributed by atoms with Gasteiger partial charge in [0.15, 0.2) is 0 Å². The molecule has 3 heterocycles. The molecule has 2 aliphatic rings. The van der Waals surface area contributed by atoms with Crippen LogP contribution >= 0.6 is 0 Å². The lowest BCUT2D eigenvalue weighted by molar-refractivity contribution is -0.142. The molecule has 4 rings (SSSR count). The molecule has 2 aromatic rings. The van der Waals surface area contributed by atoms with E-state index in [0.29, 0.717) is 19.1 Å². The SMILES string of the molecule is COc1cc(NC2CCN(C(=O)C3(c4ccccc4)CCOCC3)CC2)ncn1. The van der Waals surface area contributed by atoms with Crippen molar-refractivity contribution in [2.24, 2.45) is 0 Å². The monoisotopic (exact) mass is 396 g/mol. The number of hydrogen-bond acceptors (Lipinski definition) is 6. The molecule has 0 aliphatic carbocycles. The first-order chi connectivity index (χ1) is 14.2. The Hall–Kier alpha value is -2.67. The first kappa shape index (κ1) is 19.6. The van der Waals surface area contributed by atoms with Crippen molar-refractivity contribution in [3.8, 4) is 5.88 Å². The van der Waals surface area contributed by atoms with E-state index in [-0.39, 0.29) is 11.9 Å². The highest BCUT2D eigenvalue weighted by Crippen LogP contribution is 2.37. The number of methoxy groups -OCH3 is 1. The molecule has 2 fully saturated rings. The second kappa shape index (κ2) is 8.78. The number of nitrogens with zero attached hydrogens (tertiary/aromatic N) is 3. The quantitative estimate of drug-likeness (QED) is 0.837. The second-order valence-corrected chi connectivity index (χ2v) is 7.72. The predicted octanol–water partition coefficient (Wildman–Crippen LogP) is 2.64. The van der Waals surface area contributed by atoms with Gasteiger partial charge in [-0.05, 0) is 31.2 Å². The predicted molar refractivity (Wildman–Crippen MR) is 110 cm³/mol. The van der Waals surface area contributed by atoms with E-state index in [2.05, 4.69) is 27.4 Å². The van der Waals surface area contributed by atoms with E-state index in [1.165, 1.54) is 6.33 Å². The number of hydrogen-bond donors (Lipinski definition) is 1. The van der Waals surface area contributed by atoms with Crippen LogP contribution in [0.2, 0.25) is 0 Å². The lowest BCUT2D eigenvalue weighted by Gasteiger charge is -2.42. The van der Waals surface area contributed by atoms with Crippen molar-refractivity contribution >= 4 is 11.7 Å². The Labute approximate surface area is 171 Å². The van der Waals surface area contributed by atoms with E-state index in [1.807, 2.05) is 23.1 Å². The standard InChI is InChI=1S/C22H28N4O3/c1-28-20-15-19(23-16-24-20)25-18-7-11-26(12-8-18)21(27)22(9-13-29-14-10-22)17-5-3-2-4-6-17/h2-6,15-16,18H,7-14H2,1H3,(H,23,24,25). The Kier molecular flexibility index (Phi) is 5.94. The summed E-state index contributed by atoms with van der Waals surface area (Å²) in [6, 6.07) is 12.3. The summed E-state index contributed by atoms with van der Waals surface area (Å²) in [6.07, 6.45) is 4.76. The van der Waals surface area contributed by atoms with Crippen LogP contribution in [0.1, 0.15) is 31.2 Å². The lowest BCUT2D eigenvalue weighted by Crippen LogP contribution is -2.53. The summed E-state index contributed by atoms with van der Waals surface area (Å²) in [4.78, 5) is 24.0. The maximum atomic E-state index is 13.6. The zero-order chi connectivity index (χ0) is 20.1. The highest BCUT2D eigenvalue weighted by molar-refractivity contribution is 5.88. The third-order valence-corrected chi connectivity index (χ3v) is 6.07. The van der Waals surface area contributed by atoms with Crippen molar-refractivity contribution in [1.29, 1.82) is 0 Å². The highest BCUT2D eigenvalue weighted by atomic mass is 16.5. The second-order valence-electron chi connectivity index (χ2n) is 7.72. The summed E-state index contributed by atoms with van der Waals surface area (Å²) in [5, 5.41) is 3.45.